The molecule has 0 aliphatic heterocycles. The minimum absolute atomic E-state index is 0.858. The highest BCUT2D eigenvalue weighted by Crippen LogP contribution is 2.14. The fourth-order valence-electron chi connectivity index (χ4n) is 2.23. The van der Waals surface area contributed by atoms with Crippen molar-refractivity contribution in [2.45, 2.75) is 77.0 Å². The van der Waals surface area contributed by atoms with Gasteiger partial charge in [0.25, 0.3) is 0 Å². The molecule has 0 heterocycles. The summed E-state index contributed by atoms with van der Waals surface area (Å²) in [5.41, 5.74) is 2.22. The van der Waals surface area contributed by atoms with Crippen LogP contribution in [0.5, 0.6) is 0 Å². The molecule has 23 heavy (non-hydrogen) atoms. The summed E-state index contributed by atoms with van der Waals surface area (Å²) in [4.78, 5) is 0.858. The third kappa shape index (κ3) is 8.77. The Hall–Kier alpha value is -1.33. The van der Waals surface area contributed by atoms with Crippen LogP contribution in [0.25, 0.3) is 0 Å². The highest BCUT2D eigenvalue weighted by atomic mass is 32.2. The van der Waals surface area contributed by atoms with Gasteiger partial charge < -0.3 is 0 Å². The van der Waals surface area contributed by atoms with Crippen molar-refractivity contribution in [3.8, 4) is 11.8 Å². The summed E-state index contributed by atoms with van der Waals surface area (Å²) < 4.78 is 12.5. The van der Waals surface area contributed by atoms with Crippen LogP contribution in [0.2, 0.25) is 0 Å². The second-order valence-electron chi connectivity index (χ2n) is 5.97. The zero-order chi connectivity index (χ0) is 16.9. The normalized spacial score (nSPS) is 12.6. The third-order valence-corrected chi connectivity index (χ3v) is 4.94. The molecule has 0 saturated heterocycles. The highest BCUT2D eigenvalue weighted by Gasteiger charge is 2.02. The fraction of sp³-hybridized carbons (Fsp3) is 0.524. The van der Waals surface area contributed by atoms with Crippen molar-refractivity contribution in [3.05, 3.63) is 40.8 Å². The van der Waals surface area contributed by atoms with Crippen LogP contribution >= 0.6 is 0 Å². The molecule has 0 aromatic heterocycles. The molecule has 0 aliphatic rings. The quantitative estimate of drug-likeness (QED) is 0.392. The third-order valence-electron chi connectivity index (χ3n) is 3.71. The van der Waals surface area contributed by atoms with Crippen molar-refractivity contribution >= 4 is 10.8 Å². The lowest BCUT2D eigenvalue weighted by molar-refractivity contribution is 0.687. The summed E-state index contributed by atoms with van der Waals surface area (Å²) in [6.45, 7) is 6.44. The largest absolute Gasteiger partial charge is 0.250 e. The van der Waals surface area contributed by atoms with Crippen LogP contribution in [0, 0.1) is 18.8 Å². The summed E-state index contributed by atoms with van der Waals surface area (Å²) in [6, 6.07) is 7.91. The molecule has 1 rings (SSSR count). The van der Waals surface area contributed by atoms with Gasteiger partial charge in [-0.05, 0) is 38.3 Å². The van der Waals surface area contributed by atoms with Crippen molar-refractivity contribution in [2.24, 2.45) is 0 Å². The van der Waals surface area contributed by atoms with Crippen molar-refractivity contribution in [2.75, 3.05) is 0 Å². The maximum absolute atomic E-state index is 12.5. The Bertz CT molecular complexity index is 558. The minimum Gasteiger partial charge on any atom is -0.250 e. The lowest BCUT2D eigenvalue weighted by Crippen LogP contribution is -1.90. The number of benzene rings is 1. The van der Waals surface area contributed by atoms with Crippen molar-refractivity contribution in [1.29, 1.82) is 0 Å². The smallest absolute Gasteiger partial charge is 0.0785 e. The maximum atomic E-state index is 12.5. The van der Waals surface area contributed by atoms with E-state index in [0.29, 0.717) is 0 Å². The van der Waals surface area contributed by atoms with Gasteiger partial charge >= 0.3 is 0 Å². The van der Waals surface area contributed by atoms with Gasteiger partial charge in [0.2, 0.25) is 0 Å². The van der Waals surface area contributed by atoms with E-state index in [1.807, 2.05) is 36.6 Å². The molecule has 0 fully saturated rings. The topological polar surface area (TPSA) is 17.1 Å². The van der Waals surface area contributed by atoms with Crippen molar-refractivity contribution in [3.63, 3.8) is 0 Å². The standard InChI is InChI=1S/C21H30OS/c1-4-6-8-9-11-13-20(12-10-7-5-2)18-23(22)21-16-14-19(3)15-17-21/h14-18H,4-10,12H2,1-3H3/b20-18+/t23-/m1/s1. The molecule has 126 valence electrons. The van der Waals surface area contributed by atoms with E-state index < -0.39 is 10.8 Å². The Morgan fingerprint density at radius 2 is 1.70 bits per heavy atom. The first-order valence-corrected chi connectivity index (χ1v) is 10.1. The van der Waals surface area contributed by atoms with Gasteiger partial charge in [-0.15, -0.1) is 0 Å². The van der Waals surface area contributed by atoms with Gasteiger partial charge in [0, 0.05) is 22.3 Å². The number of unbranched alkanes of at least 4 members (excludes halogenated alkanes) is 5. The predicted molar refractivity (Wildman–Crippen MR) is 102 cm³/mol. The van der Waals surface area contributed by atoms with Gasteiger partial charge in [-0.3, -0.25) is 0 Å². The number of hydrogen-bond donors (Lipinski definition) is 0. The van der Waals surface area contributed by atoms with E-state index in [1.54, 1.807) is 0 Å². The van der Waals surface area contributed by atoms with Crippen molar-refractivity contribution in [1.82, 2.24) is 0 Å². The van der Waals surface area contributed by atoms with Crippen LogP contribution in [-0.2, 0) is 10.8 Å². The lowest BCUT2D eigenvalue weighted by atomic mass is 10.1. The Morgan fingerprint density at radius 1 is 1.04 bits per heavy atom. The SMILES string of the molecule is CCCCCC#C/C(=C/[S@@](=O)c1ccc(C)cc1)CCCCC. The molecule has 0 bridgehead atoms. The zero-order valence-corrected chi connectivity index (χ0v) is 15.7. The lowest BCUT2D eigenvalue weighted by Gasteiger charge is -2.02. The van der Waals surface area contributed by atoms with Crippen LogP contribution in [0.4, 0.5) is 0 Å². The fourth-order valence-corrected chi connectivity index (χ4v) is 3.20. The summed E-state index contributed by atoms with van der Waals surface area (Å²) >= 11 is 0. The Balaban J connectivity index is 2.75. The average molecular weight is 331 g/mol. The van der Waals surface area contributed by atoms with Crippen LogP contribution in [0.1, 0.15) is 70.8 Å². The van der Waals surface area contributed by atoms with E-state index in [2.05, 4.69) is 25.7 Å². The molecule has 0 radical (unpaired) electrons. The molecule has 1 aromatic carbocycles. The summed E-state index contributed by atoms with van der Waals surface area (Å²) in [5, 5.41) is 1.85. The number of hydrogen-bond acceptors (Lipinski definition) is 1. The average Bonchev–Trinajstić information content (AvgIpc) is 2.55. The molecule has 0 N–H and O–H groups in total. The van der Waals surface area contributed by atoms with E-state index in [1.165, 1.54) is 31.2 Å². The van der Waals surface area contributed by atoms with Gasteiger partial charge in [0.15, 0.2) is 0 Å². The number of aryl methyl sites for hydroxylation is 1. The molecule has 1 atom stereocenters. The molecule has 0 saturated carbocycles. The first-order valence-electron chi connectivity index (χ1n) is 8.84. The molecule has 1 aromatic rings. The number of rotatable bonds is 9. The van der Waals surface area contributed by atoms with E-state index in [4.69, 9.17) is 0 Å². The van der Waals surface area contributed by atoms with Crippen LogP contribution < -0.4 is 0 Å². The summed E-state index contributed by atoms with van der Waals surface area (Å²) in [7, 11) is -1.10. The Labute approximate surface area is 145 Å². The van der Waals surface area contributed by atoms with Gasteiger partial charge in [0.1, 0.15) is 0 Å². The molecule has 0 amide bonds. The van der Waals surface area contributed by atoms with E-state index in [9.17, 15) is 4.21 Å². The molecular formula is C21H30OS. The minimum atomic E-state index is -1.10. The van der Waals surface area contributed by atoms with Gasteiger partial charge in [0.05, 0.1) is 10.8 Å². The second kappa shape index (κ2) is 12.1. The van der Waals surface area contributed by atoms with Crippen LogP contribution in [0.3, 0.4) is 0 Å². The number of allylic oxidation sites excluding steroid dienone is 1. The molecule has 0 spiro atoms. The van der Waals surface area contributed by atoms with E-state index in [-0.39, 0.29) is 0 Å². The Morgan fingerprint density at radius 3 is 2.35 bits per heavy atom. The van der Waals surface area contributed by atoms with Crippen molar-refractivity contribution < 1.29 is 4.21 Å². The zero-order valence-electron chi connectivity index (χ0n) is 14.9. The van der Waals surface area contributed by atoms with Gasteiger partial charge in [-0.2, -0.15) is 0 Å². The van der Waals surface area contributed by atoms with E-state index in [0.717, 1.165) is 36.2 Å². The first kappa shape index (κ1) is 19.7. The van der Waals surface area contributed by atoms with E-state index >= 15 is 0 Å². The van der Waals surface area contributed by atoms with Crippen LogP contribution in [-0.4, -0.2) is 4.21 Å². The highest BCUT2D eigenvalue weighted by molar-refractivity contribution is 7.88. The van der Waals surface area contributed by atoms with Gasteiger partial charge in [-0.25, -0.2) is 4.21 Å². The molecule has 1 nitrogen and oxygen atoms in total. The Kier molecular flexibility index (Phi) is 10.4. The second-order valence-corrected chi connectivity index (χ2v) is 7.27. The molecular weight excluding hydrogens is 300 g/mol. The maximum Gasteiger partial charge on any atom is 0.0785 e. The molecule has 0 aliphatic carbocycles. The summed E-state index contributed by atoms with van der Waals surface area (Å²) in [6.07, 6.45) is 9.01. The molecule has 2 heteroatoms. The first-order chi connectivity index (χ1) is 11.2. The predicted octanol–water partition coefficient (Wildman–Crippen LogP) is 6.15. The monoisotopic (exact) mass is 330 g/mol. The summed E-state index contributed by atoms with van der Waals surface area (Å²) in [5.74, 6) is 6.53. The van der Waals surface area contributed by atoms with Gasteiger partial charge in [-0.1, -0.05) is 69.1 Å². The van der Waals surface area contributed by atoms with Crippen LogP contribution in [0.15, 0.2) is 40.1 Å². The molecule has 0 unspecified atom stereocenters.